The first-order valence-corrected chi connectivity index (χ1v) is 9.96. The molecule has 3 rings (SSSR count). The Bertz CT molecular complexity index is 973. The van der Waals surface area contributed by atoms with E-state index in [4.69, 9.17) is 4.74 Å². The third-order valence-electron chi connectivity index (χ3n) is 4.31. The summed E-state index contributed by atoms with van der Waals surface area (Å²) in [5.74, 6) is -0.226. The zero-order chi connectivity index (χ0) is 19.4. The molecule has 0 radical (unpaired) electrons. The van der Waals surface area contributed by atoms with Gasteiger partial charge in [0.05, 0.1) is 12.0 Å². The van der Waals surface area contributed by atoms with Crippen molar-refractivity contribution in [1.82, 2.24) is 0 Å². The molecule has 0 aromatic heterocycles. The third-order valence-corrected chi connectivity index (χ3v) is 6.34. The molecule has 1 heterocycles. The minimum absolute atomic E-state index is 0.233. The number of carbonyl (C=O) groups excluding carboxylic acids is 1. The zero-order valence-electron chi connectivity index (χ0n) is 15.0. The number of sulfone groups is 1. The molecule has 0 saturated carbocycles. The van der Waals surface area contributed by atoms with Gasteiger partial charge in [-0.15, -0.1) is 0 Å². The van der Waals surface area contributed by atoms with E-state index in [-0.39, 0.29) is 4.90 Å². The van der Waals surface area contributed by atoms with Gasteiger partial charge in [-0.25, -0.2) is 13.2 Å². The summed E-state index contributed by atoms with van der Waals surface area (Å²) < 4.78 is 36.9. The average Bonchev–Trinajstić information content (AvgIpc) is 3.12. The van der Waals surface area contributed by atoms with E-state index in [0.717, 1.165) is 11.1 Å². The van der Waals surface area contributed by atoms with Gasteiger partial charge in [0, 0.05) is 6.08 Å². The van der Waals surface area contributed by atoms with Gasteiger partial charge >= 0.3 is 5.97 Å². The van der Waals surface area contributed by atoms with E-state index < -0.39 is 27.2 Å². The second-order valence-electron chi connectivity index (χ2n) is 6.20. The lowest BCUT2D eigenvalue weighted by atomic mass is 10.1. The van der Waals surface area contributed by atoms with Crippen LogP contribution in [0.3, 0.4) is 0 Å². The van der Waals surface area contributed by atoms with Crippen molar-refractivity contribution in [3.8, 4) is 0 Å². The number of benzene rings is 2. The van der Waals surface area contributed by atoms with Crippen molar-refractivity contribution >= 4 is 15.8 Å². The van der Waals surface area contributed by atoms with Gasteiger partial charge in [0.25, 0.3) is 0 Å². The maximum absolute atomic E-state index is 13.2. The van der Waals surface area contributed by atoms with Crippen LogP contribution in [0.5, 0.6) is 0 Å². The molecule has 1 aliphatic heterocycles. The van der Waals surface area contributed by atoms with Crippen LogP contribution >= 0.6 is 0 Å². The molecular weight excluding hydrogens is 364 g/mol. The number of hydrogen-bond donors (Lipinski definition) is 0. The molecule has 0 N–H and O–H groups in total. The smallest absolute Gasteiger partial charge is 0.330 e. The van der Waals surface area contributed by atoms with Gasteiger partial charge in [0.1, 0.15) is 17.1 Å². The van der Waals surface area contributed by atoms with Crippen LogP contribution in [-0.2, 0) is 24.1 Å². The molecule has 1 aliphatic rings. The number of aryl methyl sites for hydroxylation is 1. The third kappa shape index (κ3) is 4.11. The van der Waals surface area contributed by atoms with Crippen LogP contribution in [0.15, 0.2) is 83.5 Å². The Morgan fingerprint density at radius 2 is 1.74 bits per heavy atom. The van der Waals surface area contributed by atoms with Gasteiger partial charge in [0.15, 0.2) is 9.84 Å². The first kappa shape index (κ1) is 18.9. The maximum Gasteiger partial charge on any atom is 0.330 e. The van der Waals surface area contributed by atoms with Crippen molar-refractivity contribution in [3.05, 3.63) is 89.7 Å². The van der Waals surface area contributed by atoms with Gasteiger partial charge < -0.3 is 9.47 Å². The molecule has 0 aliphatic carbocycles. The van der Waals surface area contributed by atoms with Crippen LogP contribution in [0.4, 0.5) is 0 Å². The second-order valence-corrected chi connectivity index (χ2v) is 8.30. The van der Waals surface area contributed by atoms with Crippen LogP contribution < -0.4 is 0 Å². The molecule has 0 saturated heterocycles. The zero-order valence-corrected chi connectivity index (χ0v) is 15.8. The highest BCUT2D eigenvalue weighted by atomic mass is 32.2. The van der Waals surface area contributed by atoms with E-state index in [1.165, 1.54) is 25.3 Å². The number of rotatable bonds is 5. The Kier molecular flexibility index (Phi) is 5.46. The topological polar surface area (TPSA) is 69.7 Å². The maximum atomic E-state index is 13.2. The molecule has 5 nitrogen and oxygen atoms in total. The van der Waals surface area contributed by atoms with Crippen molar-refractivity contribution in [1.29, 1.82) is 0 Å². The Labute approximate surface area is 158 Å². The van der Waals surface area contributed by atoms with E-state index in [1.807, 2.05) is 37.3 Å². The van der Waals surface area contributed by atoms with Gasteiger partial charge in [-0.2, -0.15) is 0 Å². The van der Waals surface area contributed by atoms with E-state index >= 15 is 0 Å². The summed E-state index contributed by atoms with van der Waals surface area (Å²) in [6.45, 7) is 1.90. The second kappa shape index (κ2) is 7.80. The summed E-state index contributed by atoms with van der Waals surface area (Å²) in [7, 11) is -2.41. The summed E-state index contributed by atoms with van der Waals surface area (Å²) in [5.41, 5.74) is 1.73. The molecular formula is C21H20O5S. The van der Waals surface area contributed by atoms with Crippen molar-refractivity contribution < 1.29 is 22.7 Å². The fourth-order valence-corrected chi connectivity index (χ4v) is 4.53. The number of allylic oxidation sites excluding steroid dienone is 1. The Hall–Kier alpha value is -2.86. The normalized spacial score (nSPS) is 19.6. The number of carbonyl (C=O) groups is 1. The summed E-state index contributed by atoms with van der Waals surface area (Å²) in [6, 6.07) is 15.9. The van der Waals surface area contributed by atoms with Crippen molar-refractivity contribution in [2.24, 2.45) is 0 Å². The SMILES string of the molecule is COC(=O)/C=C/C1=C[C@@H](S(=O)(=O)c2ccc(C)cc2)[C@H](c2ccccc2)O1. The lowest BCUT2D eigenvalue weighted by Crippen LogP contribution is -2.24. The van der Waals surface area contributed by atoms with Crippen LogP contribution in [0.2, 0.25) is 0 Å². The minimum atomic E-state index is -3.68. The van der Waals surface area contributed by atoms with Gasteiger partial charge in [-0.3, -0.25) is 0 Å². The van der Waals surface area contributed by atoms with Gasteiger partial charge in [0.2, 0.25) is 0 Å². The van der Waals surface area contributed by atoms with E-state index in [9.17, 15) is 13.2 Å². The van der Waals surface area contributed by atoms with E-state index in [2.05, 4.69) is 4.74 Å². The van der Waals surface area contributed by atoms with E-state index in [0.29, 0.717) is 5.76 Å². The molecule has 2 atom stereocenters. The lowest BCUT2D eigenvalue weighted by Gasteiger charge is -2.20. The summed E-state index contributed by atoms with van der Waals surface area (Å²) in [5, 5.41) is -0.903. The van der Waals surface area contributed by atoms with E-state index in [1.54, 1.807) is 24.3 Å². The molecule has 140 valence electrons. The number of ether oxygens (including phenoxy) is 2. The van der Waals surface area contributed by atoms with Crippen LogP contribution in [0, 0.1) is 6.92 Å². The summed E-state index contributed by atoms with van der Waals surface area (Å²) in [6.07, 6.45) is 3.46. The average molecular weight is 384 g/mol. The first-order valence-electron chi connectivity index (χ1n) is 8.42. The molecule has 0 amide bonds. The molecule has 0 unspecified atom stereocenters. The number of hydrogen-bond acceptors (Lipinski definition) is 5. The Morgan fingerprint density at radius 3 is 2.37 bits per heavy atom. The highest BCUT2D eigenvalue weighted by Gasteiger charge is 2.40. The van der Waals surface area contributed by atoms with Gasteiger partial charge in [-0.05, 0) is 36.8 Å². The molecule has 0 fully saturated rings. The molecule has 6 heteroatoms. The minimum Gasteiger partial charge on any atom is -0.484 e. The fraction of sp³-hybridized carbons (Fsp3) is 0.190. The number of methoxy groups -OCH3 is 1. The van der Waals surface area contributed by atoms with Crippen molar-refractivity contribution in [2.75, 3.05) is 7.11 Å². The predicted octanol–water partition coefficient (Wildman–Crippen LogP) is 3.52. The highest BCUT2D eigenvalue weighted by Crippen LogP contribution is 2.38. The van der Waals surface area contributed by atoms with Crippen LogP contribution in [0.1, 0.15) is 17.2 Å². The fourth-order valence-electron chi connectivity index (χ4n) is 2.85. The first-order chi connectivity index (χ1) is 12.9. The monoisotopic (exact) mass is 384 g/mol. The van der Waals surface area contributed by atoms with Gasteiger partial charge in [-0.1, -0.05) is 48.0 Å². The van der Waals surface area contributed by atoms with Crippen LogP contribution in [-0.4, -0.2) is 26.7 Å². The van der Waals surface area contributed by atoms with Crippen molar-refractivity contribution in [2.45, 2.75) is 23.2 Å². The Balaban J connectivity index is 2.01. The standard InChI is InChI=1S/C21H20O5S/c1-15-8-11-18(12-9-15)27(23,24)19-14-17(10-13-20(22)25-2)26-21(19)16-6-4-3-5-7-16/h3-14,19,21H,1-2H3/b13-10+/t19-,21+/m1/s1. The quantitative estimate of drug-likeness (QED) is 0.583. The number of esters is 1. The molecule has 27 heavy (non-hydrogen) atoms. The largest absolute Gasteiger partial charge is 0.484 e. The molecule has 0 spiro atoms. The summed E-state index contributed by atoms with van der Waals surface area (Å²) in [4.78, 5) is 11.6. The molecule has 0 bridgehead atoms. The summed E-state index contributed by atoms with van der Waals surface area (Å²) >= 11 is 0. The van der Waals surface area contributed by atoms with Crippen molar-refractivity contribution in [3.63, 3.8) is 0 Å². The molecule has 2 aromatic rings. The van der Waals surface area contributed by atoms with Crippen LogP contribution in [0.25, 0.3) is 0 Å². The predicted molar refractivity (Wildman–Crippen MR) is 102 cm³/mol. The molecule has 2 aromatic carbocycles. The Morgan fingerprint density at radius 1 is 1.07 bits per heavy atom. The lowest BCUT2D eigenvalue weighted by molar-refractivity contribution is -0.134. The highest BCUT2D eigenvalue weighted by molar-refractivity contribution is 7.92.